The van der Waals surface area contributed by atoms with Gasteiger partial charge in [-0.3, -0.25) is 4.79 Å². The highest BCUT2D eigenvalue weighted by Crippen LogP contribution is 2.25. The van der Waals surface area contributed by atoms with Crippen LogP contribution in [0.3, 0.4) is 0 Å². The summed E-state index contributed by atoms with van der Waals surface area (Å²) in [7, 11) is 0. The first-order valence-electron chi connectivity index (χ1n) is 9.76. The SMILES string of the molecule is Cc1ccc(Nc2cc(C(=O)NCc3ccc(Cl)cc3)c3ccccc3n2)c(C)c1. The second-order valence-electron chi connectivity index (χ2n) is 7.32. The van der Waals surface area contributed by atoms with E-state index < -0.39 is 0 Å². The van der Waals surface area contributed by atoms with Gasteiger partial charge in [0.25, 0.3) is 5.91 Å². The van der Waals surface area contributed by atoms with E-state index in [1.54, 1.807) is 6.07 Å². The Labute approximate surface area is 180 Å². The number of pyridine rings is 1. The van der Waals surface area contributed by atoms with Gasteiger partial charge in [0.2, 0.25) is 0 Å². The Kier molecular flexibility index (Phi) is 5.68. The van der Waals surface area contributed by atoms with E-state index in [2.05, 4.69) is 36.6 Å². The third-order valence-corrected chi connectivity index (χ3v) is 5.22. The molecule has 0 aliphatic rings. The van der Waals surface area contributed by atoms with Gasteiger partial charge < -0.3 is 10.6 Å². The van der Waals surface area contributed by atoms with Crippen molar-refractivity contribution >= 4 is 39.9 Å². The Balaban J connectivity index is 1.64. The molecule has 0 radical (unpaired) electrons. The molecule has 0 spiro atoms. The lowest BCUT2D eigenvalue weighted by Crippen LogP contribution is -2.23. The first-order valence-corrected chi connectivity index (χ1v) is 10.1. The number of nitrogens with one attached hydrogen (secondary N) is 2. The van der Waals surface area contributed by atoms with Gasteiger partial charge >= 0.3 is 0 Å². The van der Waals surface area contributed by atoms with Crippen molar-refractivity contribution in [2.45, 2.75) is 20.4 Å². The minimum atomic E-state index is -0.146. The van der Waals surface area contributed by atoms with E-state index >= 15 is 0 Å². The van der Waals surface area contributed by atoms with Gasteiger partial charge in [-0.1, -0.05) is 59.6 Å². The maximum absolute atomic E-state index is 13.0. The van der Waals surface area contributed by atoms with Gasteiger partial charge in [0, 0.05) is 22.6 Å². The van der Waals surface area contributed by atoms with Crippen LogP contribution >= 0.6 is 11.6 Å². The molecule has 5 heteroatoms. The lowest BCUT2D eigenvalue weighted by molar-refractivity contribution is 0.0952. The molecule has 4 nitrogen and oxygen atoms in total. The number of hydrogen-bond acceptors (Lipinski definition) is 3. The molecule has 0 unspecified atom stereocenters. The Hall–Kier alpha value is -3.37. The Bertz CT molecular complexity index is 1220. The molecule has 2 N–H and O–H groups in total. The van der Waals surface area contributed by atoms with Crippen molar-refractivity contribution in [1.29, 1.82) is 0 Å². The number of anilines is 2. The maximum Gasteiger partial charge on any atom is 0.252 e. The minimum Gasteiger partial charge on any atom is -0.348 e. The van der Waals surface area contributed by atoms with Gasteiger partial charge in [-0.15, -0.1) is 0 Å². The average molecular weight is 416 g/mol. The second kappa shape index (κ2) is 8.56. The summed E-state index contributed by atoms with van der Waals surface area (Å²) in [6, 6.07) is 23.1. The average Bonchev–Trinajstić information content (AvgIpc) is 2.74. The van der Waals surface area contributed by atoms with Crippen LogP contribution in [0, 0.1) is 13.8 Å². The number of fused-ring (bicyclic) bond motifs is 1. The minimum absolute atomic E-state index is 0.146. The summed E-state index contributed by atoms with van der Waals surface area (Å²) < 4.78 is 0. The van der Waals surface area contributed by atoms with Crippen LogP contribution in [0.4, 0.5) is 11.5 Å². The van der Waals surface area contributed by atoms with E-state index in [4.69, 9.17) is 16.6 Å². The van der Waals surface area contributed by atoms with Crippen LogP contribution in [0.25, 0.3) is 10.9 Å². The van der Waals surface area contributed by atoms with E-state index in [0.717, 1.165) is 27.7 Å². The fourth-order valence-corrected chi connectivity index (χ4v) is 3.52. The monoisotopic (exact) mass is 415 g/mol. The molecule has 0 aliphatic carbocycles. The van der Waals surface area contributed by atoms with Crippen LogP contribution in [0.2, 0.25) is 5.02 Å². The van der Waals surface area contributed by atoms with E-state index in [0.29, 0.717) is 22.9 Å². The standard InChI is InChI=1S/C25H22ClN3O/c1-16-7-12-22(17(2)13-16)28-24-14-21(20-5-3-4-6-23(20)29-24)25(30)27-15-18-8-10-19(26)11-9-18/h3-14H,15H2,1-2H3,(H,27,30)(H,28,29). The van der Waals surface area contributed by atoms with Crippen LogP contribution in [0.15, 0.2) is 72.8 Å². The highest BCUT2D eigenvalue weighted by molar-refractivity contribution is 6.30. The van der Waals surface area contributed by atoms with Crippen LogP contribution in [0.5, 0.6) is 0 Å². The van der Waals surface area contributed by atoms with Crippen LogP contribution in [-0.4, -0.2) is 10.9 Å². The molecule has 4 aromatic rings. The fraction of sp³-hybridized carbons (Fsp3) is 0.120. The van der Waals surface area contributed by atoms with Crippen molar-refractivity contribution in [1.82, 2.24) is 10.3 Å². The lowest BCUT2D eigenvalue weighted by atomic mass is 10.1. The second-order valence-corrected chi connectivity index (χ2v) is 7.76. The molecule has 0 atom stereocenters. The summed E-state index contributed by atoms with van der Waals surface area (Å²) in [5, 5.41) is 7.85. The molecular weight excluding hydrogens is 394 g/mol. The smallest absolute Gasteiger partial charge is 0.252 e. The summed E-state index contributed by atoms with van der Waals surface area (Å²) in [6.07, 6.45) is 0. The zero-order valence-electron chi connectivity index (χ0n) is 16.9. The van der Waals surface area contributed by atoms with Crippen molar-refractivity contribution in [3.63, 3.8) is 0 Å². The predicted molar refractivity (Wildman–Crippen MR) is 124 cm³/mol. The Morgan fingerprint density at radius 3 is 2.50 bits per heavy atom. The number of halogens is 1. The molecule has 0 saturated carbocycles. The first kappa shape index (κ1) is 19.9. The Morgan fingerprint density at radius 1 is 0.967 bits per heavy atom. The molecule has 0 saturated heterocycles. The summed E-state index contributed by atoms with van der Waals surface area (Å²) in [5.74, 6) is 0.490. The van der Waals surface area contributed by atoms with Gasteiger partial charge in [-0.05, 0) is 55.3 Å². The number of carbonyl (C=O) groups is 1. The number of aromatic nitrogens is 1. The van der Waals surface area contributed by atoms with Gasteiger partial charge in [-0.25, -0.2) is 4.98 Å². The van der Waals surface area contributed by atoms with Gasteiger partial charge in [-0.2, -0.15) is 0 Å². The zero-order valence-corrected chi connectivity index (χ0v) is 17.6. The summed E-state index contributed by atoms with van der Waals surface area (Å²) >= 11 is 5.94. The zero-order chi connectivity index (χ0) is 21.1. The molecule has 0 fully saturated rings. The first-order chi connectivity index (χ1) is 14.5. The van der Waals surface area contributed by atoms with Crippen molar-refractivity contribution in [2.24, 2.45) is 0 Å². The molecule has 1 amide bonds. The quantitative estimate of drug-likeness (QED) is 0.409. The maximum atomic E-state index is 13.0. The highest BCUT2D eigenvalue weighted by atomic mass is 35.5. The summed E-state index contributed by atoms with van der Waals surface area (Å²) in [4.78, 5) is 17.7. The predicted octanol–water partition coefficient (Wildman–Crippen LogP) is 6.18. The molecule has 0 aliphatic heterocycles. The van der Waals surface area contributed by atoms with E-state index in [1.807, 2.05) is 54.6 Å². The van der Waals surface area contributed by atoms with Crippen LogP contribution in [-0.2, 0) is 6.54 Å². The largest absolute Gasteiger partial charge is 0.348 e. The summed E-state index contributed by atoms with van der Waals surface area (Å²) in [5.41, 5.74) is 5.63. The number of hydrogen-bond donors (Lipinski definition) is 2. The lowest BCUT2D eigenvalue weighted by Gasteiger charge is -2.13. The summed E-state index contributed by atoms with van der Waals surface area (Å²) in [6.45, 7) is 4.54. The molecular formula is C25H22ClN3O. The number of nitrogens with zero attached hydrogens (tertiary/aromatic N) is 1. The molecule has 1 aromatic heterocycles. The number of carbonyl (C=O) groups excluding carboxylic acids is 1. The number of aryl methyl sites for hydroxylation is 2. The third-order valence-electron chi connectivity index (χ3n) is 4.97. The van der Waals surface area contributed by atoms with Crippen LogP contribution < -0.4 is 10.6 Å². The number of rotatable bonds is 5. The van der Waals surface area contributed by atoms with Crippen molar-refractivity contribution in [3.05, 3.63) is 100 Å². The van der Waals surface area contributed by atoms with E-state index in [1.165, 1.54) is 5.56 Å². The highest BCUT2D eigenvalue weighted by Gasteiger charge is 2.13. The van der Waals surface area contributed by atoms with Gasteiger partial charge in [0.05, 0.1) is 11.1 Å². The molecule has 150 valence electrons. The Morgan fingerprint density at radius 2 is 1.73 bits per heavy atom. The van der Waals surface area contributed by atoms with Crippen molar-refractivity contribution < 1.29 is 4.79 Å². The molecule has 1 heterocycles. The fourth-order valence-electron chi connectivity index (χ4n) is 3.40. The van der Waals surface area contributed by atoms with E-state index in [-0.39, 0.29) is 5.91 Å². The molecule has 4 rings (SSSR count). The third kappa shape index (κ3) is 4.44. The normalized spacial score (nSPS) is 10.8. The van der Waals surface area contributed by atoms with Crippen molar-refractivity contribution in [3.8, 4) is 0 Å². The topological polar surface area (TPSA) is 54.0 Å². The molecule has 3 aromatic carbocycles. The number of amides is 1. The molecule has 30 heavy (non-hydrogen) atoms. The van der Waals surface area contributed by atoms with Gasteiger partial charge in [0.15, 0.2) is 0 Å². The van der Waals surface area contributed by atoms with Crippen molar-refractivity contribution in [2.75, 3.05) is 5.32 Å². The van der Waals surface area contributed by atoms with Crippen LogP contribution in [0.1, 0.15) is 27.0 Å². The number of para-hydroxylation sites is 1. The van der Waals surface area contributed by atoms with Gasteiger partial charge in [0.1, 0.15) is 5.82 Å². The number of benzene rings is 3. The van der Waals surface area contributed by atoms with E-state index in [9.17, 15) is 4.79 Å². The molecule has 0 bridgehead atoms.